The van der Waals surface area contributed by atoms with Crippen molar-refractivity contribution < 1.29 is 9.53 Å². The zero-order chi connectivity index (χ0) is 13.4. The third-order valence-electron chi connectivity index (χ3n) is 2.98. The molecule has 1 aliphatic rings. The predicted octanol–water partition coefficient (Wildman–Crippen LogP) is 2.72. The minimum Gasteiger partial charge on any atom is -0.493 e. The first kappa shape index (κ1) is 12.7. The number of hydrogen-bond donors (Lipinski definition) is 2. The Morgan fingerprint density at radius 3 is 3.00 bits per heavy atom. The van der Waals surface area contributed by atoms with Crippen LogP contribution in [-0.2, 0) is 6.42 Å². The first-order valence-electron chi connectivity index (χ1n) is 5.75. The van der Waals surface area contributed by atoms with Gasteiger partial charge < -0.3 is 4.74 Å². The number of rotatable bonds is 1. The molecule has 6 heteroatoms. The van der Waals surface area contributed by atoms with Crippen molar-refractivity contribution in [1.29, 1.82) is 0 Å². The molecule has 3 rings (SSSR count). The van der Waals surface area contributed by atoms with Crippen molar-refractivity contribution in [2.24, 2.45) is 5.84 Å². The molecule has 0 radical (unpaired) electrons. The number of hydrogen-bond acceptors (Lipinski definition) is 4. The largest absolute Gasteiger partial charge is 0.493 e. The molecular weight excluding hydrogens is 328 g/mol. The van der Waals surface area contributed by atoms with E-state index in [1.165, 1.54) is 11.3 Å². The number of ether oxygens (including phenoxy) is 1. The Bertz CT molecular complexity index is 654. The summed E-state index contributed by atoms with van der Waals surface area (Å²) in [5.74, 6) is 5.78. The van der Waals surface area contributed by atoms with Crippen molar-refractivity contribution in [3.63, 3.8) is 0 Å². The fourth-order valence-corrected chi connectivity index (χ4v) is 3.54. The Morgan fingerprint density at radius 2 is 2.21 bits per heavy atom. The summed E-state index contributed by atoms with van der Waals surface area (Å²) in [5.41, 5.74) is 4.23. The van der Waals surface area contributed by atoms with Gasteiger partial charge >= 0.3 is 0 Å². The van der Waals surface area contributed by atoms with E-state index in [0.29, 0.717) is 11.5 Å². The summed E-state index contributed by atoms with van der Waals surface area (Å²) in [6.07, 6.45) is 0.796. The SMILES string of the molecule is NNC(=O)c1cc2c(s1)CCOc1ccc(Br)cc1-2. The van der Waals surface area contributed by atoms with Crippen LogP contribution in [-0.4, -0.2) is 12.5 Å². The lowest BCUT2D eigenvalue weighted by molar-refractivity contribution is 0.0957. The summed E-state index contributed by atoms with van der Waals surface area (Å²) >= 11 is 4.93. The number of nitrogen functional groups attached to an aromatic ring is 1. The molecule has 0 spiro atoms. The van der Waals surface area contributed by atoms with E-state index in [1.807, 2.05) is 24.3 Å². The van der Waals surface area contributed by atoms with Crippen molar-refractivity contribution >= 4 is 33.2 Å². The smallest absolute Gasteiger partial charge is 0.275 e. The lowest BCUT2D eigenvalue weighted by Crippen LogP contribution is -2.29. The average Bonchev–Trinajstić information content (AvgIpc) is 2.76. The van der Waals surface area contributed by atoms with Crippen molar-refractivity contribution in [2.75, 3.05) is 6.61 Å². The molecule has 3 N–H and O–H groups in total. The second kappa shape index (κ2) is 4.96. The van der Waals surface area contributed by atoms with E-state index in [1.54, 1.807) is 0 Å². The van der Waals surface area contributed by atoms with Gasteiger partial charge in [0.15, 0.2) is 0 Å². The Balaban J connectivity index is 2.17. The number of carbonyl (C=O) groups is 1. The molecule has 1 aromatic heterocycles. The van der Waals surface area contributed by atoms with Crippen LogP contribution in [0.4, 0.5) is 0 Å². The number of hydrazine groups is 1. The van der Waals surface area contributed by atoms with E-state index in [4.69, 9.17) is 10.6 Å². The van der Waals surface area contributed by atoms with Crippen LogP contribution in [0.5, 0.6) is 5.75 Å². The van der Waals surface area contributed by atoms with Gasteiger partial charge in [0.2, 0.25) is 0 Å². The topological polar surface area (TPSA) is 64.3 Å². The summed E-state index contributed by atoms with van der Waals surface area (Å²) in [4.78, 5) is 13.4. The van der Waals surface area contributed by atoms with Gasteiger partial charge in [-0.3, -0.25) is 10.2 Å². The molecule has 1 amide bonds. The number of amides is 1. The van der Waals surface area contributed by atoms with Gasteiger partial charge in [-0.15, -0.1) is 11.3 Å². The zero-order valence-corrected chi connectivity index (χ0v) is 12.3. The molecule has 19 heavy (non-hydrogen) atoms. The first-order valence-corrected chi connectivity index (χ1v) is 7.36. The van der Waals surface area contributed by atoms with Crippen LogP contribution in [0, 0.1) is 0 Å². The minimum atomic E-state index is -0.254. The Morgan fingerprint density at radius 1 is 1.37 bits per heavy atom. The van der Waals surface area contributed by atoms with Gasteiger partial charge in [-0.25, -0.2) is 5.84 Å². The van der Waals surface area contributed by atoms with E-state index in [0.717, 1.165) is 32.6 Å². The highest BCUT2D eigenvalue weighted by molar-refractivity contribution is 9.10. The van der Waals surface area contributed by atoms with Crippen LogP contribution in [0.2, 0.25) is 0 Å². The average molecular weight is 339 g/mol. The number of benzene rings is 1. The van der Waals surface area contributed by atoms with E-state index in [2.05, 4.69) is 21.4 Å². The summed E-state index contributed by atoms with van der Waals surface area (Å²) in [7, 11) is 0. The Kier molecular flexibility index (Phi) is 3.30. The quantitative estimate of drug-likeness (QED) is 0.477. The fourth-order valence-electron chi connectivity index (χ4n) is 2.12. The molecule has 0 atom stereocenters. The third-order valence-corrected chi connectivity index (χ3v) is 4.67. The van der Waals surface area contributed by atoms with E-state index < -0.39 is 0 Å². The van der Waals surface area contributed by atoms with Crippen LogP contribution in [0.15, 0.2) is 28.7 Å². The molecule has 1 aliphatic heterocycles. The number of nitrogens with two attached hydrogens (primary N) is 1. The van der Waals surface area contributed by atoms with Gasteiger partial charge in [0, 0.05) is 26.9 Å². The molecule has 0 bridgehead atoms. The standard InChI is InChI=1S/C13H11BrN2O2S/c14-7-1-2-10-8(5-7)9-6-12(13(17)16-15)19-11(9)3-4-18-10/h1-2,5-6H,3-4,15H2,(H,16,17). The molecule has 2 heterocycles. The minimum absolute atomic E-state index is 0.254. The van der Waals surface area contributed by atoms with E-state index >= 15 is 0 Å². The van der Waals surface area contributed by atoms with Crippen molar-refractivity contribution in [3.05, 3.63) is 38.5 Å². The third kappa shape index (κ3) is 2.27. The van der Waals surface area contributed by atoms with Crippen LogP contribution in [0.25, 0.3) is 11.1 Å². The summed E-state index contributed by atoms with van der Waals surface area (Å²) in [6, 6.07) is 7.77. The van der Waals surface area contributed by atoms with Gasteiger partial charge in [-0.2, -0.15) is 0 Å². The maximum Gasteiger partial charge on any atom is 0.275 e. The highest BCUT2D eigenvalue weighted by atomic mass is 79.9. The molecule has 0 unspecified atom stereocenters. The van der Waals surface area contributed by atoms with Gasteiger partial charge in [-0.05, 0) is 24.3 Å². The van der Waals surface area contributed by atoms with Gasteiger partial charge in [-0.1, -0.05) is 15.9 Å². The maximum atomic E-state index is 11.6. The lowest BCUT2D eigenvalue weighted by atomic mass is 10.0. The summed E-state index contributed by atoms with van der Waals surface area (Å²) in [6.45, 7) is 0.617. The summed E-state index contributed by atoms with van der Waals surface area (Å²) in [5, 5.41) is 0. The molecule has 1 aromatic carbocycles. The zero-order valence-electron chi connectivity index (χ0n) is 9.90. The van der Waals surface area contributed by atoms with Crippen LogP contribution in [0.3, 0.4) is 0 Å². The highest BCUT2D eigenvalue weighted by Gasteiger charge is 2.20. The Labute approximate surface area is 122 Å². The number of fused-ring (bicyclic) bond motifs is 3. The highest BCUT2D eigenvalue weighted by Crippen LogP contribution is 2.40. The van der Waals surface area contributed by atoms with E-state index in [-0.39, 0.29) is 5.91 Å². The number of carbonyl (C=O) groups excluding carboxylic acids is 1. The monoisotopic (exact) mass is 338 g/mol. The molecule has 2 aromatic rings. The number of thiophene rings is 1. The van der Waals surface area contributed by atoms with Crippen molar-refractivity contribution in [1.82, 2.24) is 5.43 Å². The van der Waals surface area contributed by atoms with Crippen molar-refractivity contribution in [3.8, 4) is 16.9 Å². The molecule has 0 fully saturated rings. The van der Waals surface area contributed by atoms with Gasteiger partial charge in [0.25, 0.3) is 5.91 Å². The fraction of sp³-hybridized carbons (Fsp3) is 0.154. The van der Waals surface area contributed by atoms with E-state index in [9.17, 15) is 4.79 Å². The second-order valence-electron chi connectivity index (χ2n) is 4.16. The number of nitrogens with one attached hydrogen (secondary N) is 1. The summed E-state index contributed by atoms with van der Waals surface area (Å²) < 4.78 is 6.72. The maximum absolute atomic E-state index is 11.6. The van der Waals surface area contributed by atoms with Crippen LogP contribution >= 0.6 is 27.3 Å². The molecule has 98 valence electrons. The first-order chi connectivity index (χ1) is 9.19. The number of halogens is 1. The molecule has 0 saturated carbocycles. The second-order valence-corrected chi connectivity index (χ2v) is 6.21. The van der Waals surface area contributed by atoms with Crippen LogP contribution in [0.1, 0.15) is 14.5 Å². The predicted molar refractivity (Wildman–Crippen MR) is 78.3 cm³/mol. The van der Waals surface area contributed by atoms with Crippen LogP contribution < -0.4 is 16.0 Å². The molecule has 0 aliphatic carbocycles. The van der Waals surface area contributed by atoms with Gasteiger partial charge in [0.1, 0.15) is 5.75 Å². The van der Waals surface area contributed by atoms with Crippen molar-refractivity contribution in [2.45, 2.75) is 6.42 Å². The molecular formula is C13H11BrN2O2S. The molecule has 0 saturated heterocycles. The molecule has 4 nitrogen and oxygen atoms in total. The normalized spacial score (nSPS) is 12.9. The lowest BCUT2D eigenvalue weighted by Gasteiger charge is -2.07. The Hall–Kier alpha value is -1.37. The van der Waals surface area contributed by atoms with Gasteiger partial charge in [0.05, 0.1) is 11.5 Å².